The third-order valence-corrected chi connectivity index (χ3v) is 7.67. The van der Waals surface area contributed by atoms with Crippen LogP contribution < -0.4 is 10.8 Å². The summed E-state index contributed by atoms with van der Waals surface area (Å²) < 4.78 is 6.70. The van der Waals surface area contributed by atoms with Gasteiger partial charge in [-0.2, -0.15) is 0 Å². The minimum atomic E-state index is -1.02. The van der Waals surface area contributed by atoms with Crippen LogP contribution in [0.1, 0.15) is 58.1 Å². The lowest BCUT2D eigenvalue weighted by atomic mass is 9.94. The number of hydroxylamine groups is 1. The number of anilines is 1. The molecule has 3 rings (SSSR count). The van der Waals surface area contributed by atoms with E-state index in [-0.39, 0.29) is 17.2 Å². The van der Waals surface area contributed by atoms with E-state index in [0.717, 1.165) is 53.9 Å². The van der Waals surface area contributed by atoms with Crippen LogP contribution in [0.2, 0.25) is 0 Å². The van der Waals surface area contributed by atoms with Gasteiger partial charge in [-0.1, -0.05) is 32.1 Å². The largest absolute Gasteiger partial charge is 0.444 e. The Morgan fingerprint density at radius 1 is 1.38 bits per heavy atom. The van der Waals surface area contributed by atoms with Crippen molar-refractivity contribution in [1.82, 2.24) is 14.9 Å². The number of thiazole rings is 1. The Labute approximate surface area is 197 Å². The zero-order valence-electron chi connectivity index (χ0n) is 18.9. The number of aromatic nitrogens is 2. The average Bonchev–Trinajstić information content (AvgIpc) is 3.41. The first-order valence-electron chi connectivity index (χ1n) is 10.8. The van der Waals surface area contributed by atoms with E-state index < -0.39 is 6.23 Å². The van der Waals surface area contributed by atoms with Crippen molar-refractivity contribution in [1.29, 1.82) is 0 Å². The summed E-state index contributed by atoms with van der Waals surface area (Å²) in [6.45, 7) is 8.71. The fourth-order valence-electron chi connectivity index (χ4n) is 3.47. The molecule has 1 aliphatic rings. The van der Waals surface area contributed by atoms with Gasteiger partial charge >= 0.3 is 0 Å². The summed E-state index contributed by atoms with van der Waals surface area (Å²) in [6.07, 6.45) is 5.13. The molecule has 2 aromatic heterocycles. The van der Waals surface area contributed by atoms with Gasteiger partial charge < -0.3 is 20.2 Å². The fraction of sp³-hybridized carbons (Fsp3) is 0.667. The highest BCUT2D eigenvalue weighted by Crippen LogP contribution is 2.33. The van der Waals surface area contributed by atoms with E-state index in [4.69, 9.17) is 10.2 Å². The van der Waals surface area contributed by atoms with Crippen LogP contribution in [0.3, 0.4) is 0 Å². The third-order valence-electron chi connectivity index (χ3n) is 5.51. The molecule has 11 heteroatoms. The van der Waals surface area contributed by atoms with Gasteiger partial charge in [0, 0.05) is 11.3 Å². The molecule has 0 aliphatic carbocycles. The number of likely N-dealkylation sites (tertiary alicyclic amines) is 1. The number of primary amides is 1. The molecule has 1 amide bonds. The third kappa shape index (κ3) is 6.92. The van der Waals surface area contributed by atoms with Crippen molar-refractivity contribution in [3.8, 4) is 0 Å². The molecule has 9 nitrogen and oxygen atoms in total. The van der Waals surface area contributed by atoms with Crippen molar-refractivity contribution in [3.63, 3.8) is 0 Å². The molecule has 2 aromatic rings. The molecule has 32 heavy (non-hydrogen) atoms. The van der Waals surface area contributed by atoms with Gasteiger partial charge in [-0.05, 0) is 45.3 Å². The standard InChI is InChI=1S/C21H33N5O4S2/c1-21(2,3)15-11-23-16(30-15)13-31-18-12-24-20(32-18)26(29)17(27)5-4-8-25-9-6-14(7-10-25)19(22)28/h11-12,14,17,27,29H,4-10,13H2,1-3H3,(H2,22,28). The van der Waals surface area contributed by atoms with Gasteiger partial charge in [0.2, 0.25) is 16.9 Å². The fourth-order valence-corrected chi connectivity index (χ4v) is 5.24. The predicted octanol–water partition coefficient (Wildman–Crippen LogP) is 3.21. The first kappa shape index (κ1) is 25.0. The number of nitrogens with two attached hydrogens (primary N) is 1. The molecular weight excluding hydrogens is 450 g/mol. The van der Waals surface area contributed by atoms with Gasteiger partial charge in [-0.3, -0.25) is 10.0 Å². The quantitative estimate of drug-likeness (QED) is 0.265. The molecule has 1 fully saturated rings. The lowest BCUT2D eigenvalue weighted by molar-refractivity contribution is -0.123. The lowest BCUT2D eigenvalue weighted by Gasteiger charge is -2.30. The number of carbonyl (C=O) groups is 1. The van der Waals surface area contributed by atoms with Crippen LogP contribution in [0, 0.1) is 5.92 Å². The second-order valence-electron chi connectivity index (χ2n) is 9.10. The van der Waals surface area contributed by atoms with Gasteiger partial charge in [0.15, 0.2) is 6.23 Å². The predicted molar refractivity (Wildman–Crippen MR) is 125 cm³/mol. The van der Waals surface area contributed by atoms with Gasteiger partial charge in [-0.25, -0.2) is 15.0 Å². The highest BCUT2D eigenvalue weighted by atomic mass is 32.2. The summed E-state index contributed by atoms with van der Waals surface area (Å²) in [5, 5.41) is 21.9. The van der Waals surface area contributed by atoms with E-state index in [2.05, 4.69) is 35.6 Å². The maximum absolute atomic E-state index is 11.2. The molecule has 1 unspecified atom stereocenters. The van der Waals surface area contributed by atoms with Crippen LogP contribution in [0.25, 0.3) is 0 Å². The Morgan fingerprint density at radius 3 is 2.72 bits per heavy atom. The molecule has 4 N–H and O–H groups in total. The van der Waals surface area contributed by atoms with Gasteiger partial charge in [0.05, 0.1) is 22.4 Å². The van der Waals surface area contributed by atoms with E-state index in [9.17, 15) is 15.1 Å². The SMILES string of the molecule is CC(C)(C)c1cnc(CSc2cnc(N(O)C(O)CCCN3CCC(C(N)=O)CC3)s2)o1. The maximum Gasteiger partial charge on any atom is 0.220 e. The minimum absolute atomic E-state index is 0.0224. The van der Waals surface area contributed by atoms with Gasteiger partial charge in [0.1, 0.15) is 5.76 Å². The number of hydrogen-bond donors (Lipinski definition) is 3. The first-order chi connectivity index (χ1) is 15.1. The molecule has 1 aliphatic heterocycles. The molecule has 3 heterocycles. The summed E-state index contributed by atoms with van der Waals surface area (Å²) in [7, 11) is 0. The molecule has 178 valence electrons. The number of thioether (sulfide) groups is 1. The number of amides is 1. The van der Waals surface area contributed by atoms with E-state index in [1.54, 1.807) is 12.4 Å². The Morgan fingerprint density at radius 2 is 2.09 bits per heavy atom. The molecule has 0 bridgehead atoms. The molecule has 0 spiro atoms. The molecule has 0 aromatic carbocycles. The number of oxazole rings is 1. The Hall–Kier alpha value is -1.66. The van der Waals surface area contributed by atoms with E-state index >= 15 is 0 Å². The van der Waals surface area contributed by atoms with E-state index in [1.165, 1.54) is 23.1 Å². The Balaban J connectivity index is 1.40. The van der Waals surface area contributed by atoms with Crippen LogP contribution in [0.5, 0.6) is 0 Å². The number of rotatable bonds is 10. The van der Waals surface area contributed by atoms with Crippen LogP contribution in [-0.2, 0) is 16.0 Å². The second-order valence-corrected chi connectivity index (χ2v) is 11.4. The summed E-state index contributed by atoms with van der Waals surface area (Å²) in [6, 6.07) is 0. The molecular formula is C21H33N5O4S2. The highest BCUT2D eigenvalue weighted by molar-refractivity contribution is 8.00. The van der Waals surface area contributed by atoms with Crippen LogP contribution in [-0.4, -0.2) is 57.0 Å². The first-order valence-corrected chi connectivity index (χ1v) is 12.7. The normalized spacial score (nSPS) is 16.9. The van der Waals surface area contributed by atoms with Crippen molar-refractivity contribution < 1.29 is 19.5 Å². The summed E-state index contributed by atoms with van der Waals surface area (Å²) in [4.78, 5) is 22.1. The Kier molecular flexibility index (Phi) is 8.56. The van der Waals surface area contributed by atoms with E-state index in [1.807, 2.05) is 0 Å². The highest BCUT2D eigenvalue weighted by Gasteiger charge is 2.24. The molecule has 0 saturated carbocycles. The van der Waals surface area contributed by atoms with Gasteiger partial charge in [0.25, 0.3) is 0 Å². The number of aliphatic hydroxyl groups is 1. The van der Waals surface area contributed by atoms with Gasteiger partial charge in [-0.15, -0.1) is 11.8 Å². The number of piperidine rings is 1. The zero-order chi connectivity index (χ0) is 23.3. The van der Waals surface area contributed by atoms with Crippen molar-refractivity contribution in [2.75, 3.05) is 24.7 Å². The minimum Gasteiger partial charge on any atom is -0.444 e. The molecule has 1 atom stereocenters. The van der Waals surface area contributed by atoms with Crippen LogP contribution >= 0.6 is 23.1 Å². The van der Waals surface area contributed by atoms with Crippen molar-refractivity contribution in [2.24, 2.45) is 11.7 Å². The topological polar surface area (TPSA) is 129 Å². The number of hydrogen-bond acceptors (Lipinski definition) is 10. The summed E-state index contributed by atoms with van der Waals surface area (Å²) in [5.74, 6) is 1.83. The monoisotopic (exact) mass is 483 g/mol. The summed E-state index contributed by atoms with van der Waals surface area (Å²) in [5.41, 5.74) is 5.29. The van der Waals surface area contributed by atoms with E-state index in [0.29, 0.717) is 23.2 Å². The van der Waals surface area contributed by atoms with Crippen LogP contribution in [0.15, 0.2) is 21.0 Å². The number of carbonyl (C=O) groups excluding carboxylic acids is 1. The van der Waals surface area contributed by atoms with Crippen LogP contribution in [0.4, 0.5) is 5.13 Å². The van der Waals surface area contributed by atoms with Crippen molar-refractivity contribution in [2.45, 2.75) is 68.1 Å². The summed E-state index contributed by atoms with van der Waals surface area (Å²) >= 11 is 2.84. The van der Waals surface area contributed by atoms with Crippen molar-refractivity contribution in [3.05, 3.63) is 24.0 Å². The average molecular weight is 484 g/mol. The lowest BCUT2D eigenvalue weighted by Crippen LogP contribution is -2.39. The second kappa shape index (κ2) is 11.0. The Bertz CT molecular complexity index is 874. The van der Waals surface area contributed by atoms with Crippen molar-refractivity contribution >= 4 is 34.1 Å². The number of nitrogens with zero attached hydrogens (tertiary/aromatic N) is 4. The molecule has 0 radical (unpaired) electrons. The molecule has 1 saturated heterocycles. The smallest absolute Gasteiger partial charge is 0.220 e. The number of aliphatic hydroxyl groups excluding tert-OH is 1. The maximum atomic E-state index is 11.2. The zero-order valence-corrected chi connectivity index (χ0v) is 20.5.